The van der Waals surface area contributed by atoms with Gasteiger partial charge in [-0.05, 0) is 48.7 Å². The molecule has 0 aliphatic carbocycles. The Morgan fingerprint density at radius 3 is 2.77 bits per heavy atom. The Balaban J connectivity index is 1.69. The van der Waals surface area contributed by atoms with Crippen LogP contribution in [0.15, 0.2) is 53.2 Å². The lowest BCUT2D eigenvalue weighted by atomic mass is 9.95. The Morgan fingerprint density at radius 1 is 1.23 bits per heavy atom. The SMILES string of the molecule is Cc1cc(-c2cc(-n3cnn(CC(CN)=C(F)F)c3=O)ccn2)cc2c1NC(=O)CC2. The Labute approximate surface area is 176 Å². The third-order valence-electron chi connectivity index (χ3n) is 5.21. The fourth-order valence-corrected chi connectivity index (χ4v) is 3.57. The number of nitrogens with zero attached hydrogens (tertiary/aromatic N) is 4. The maximum absolute atomic E-state index is 12.9. The fraction of sp³-hybridized carbons (Fsp3) is 0.238. The highest BCUT2D eigenvalue weighted by molar-refractivity contribution is 5.95. The van der Waals surface area contributed by atoms with Gasteiger partial charge in [0.2, 0.25) is 5.91 Å². The number of fused-ring (bicyclic) bond motifs is 1. The molecule has 0 saturated carbocycles. The molecule has 160 valence electrons. The minimum absolute atomic E-state index is 0.000129. The minimum atomic E-state index is -1.91. The highest BCUT2D eigenvalue weighted by atomic mass is 19.3. The van der Waals surface area contributed by atoms with Gasteiger partial charge in [0, 0.05) is 36.0 Å². The molecule has 3 heterocycles. The first-order valence-corrected chi connectivity index (χ1v) is 9.65. The smallest absolute Gasteiger partial charge is 0.327 e. The maximum atomic E-state index is 12.9. The number of aryl methyl sites for hydroxylation is 2. The number of pyridine rings is 1. The normalized spacial score (nSPS) is 13.0. The average molecular weight is 426 g/mol. The fourth-order valence-electron chi connectivity index (χ4n) is 3.57. The summed E-state index contributed by atoms with van der Waals surface area (Å²) in [5.41, 5.74) is 9.19. The van der Waals surface area contributed by atoms with Crippen molar-refractivity contribution in [2.24, 2.45) is 5.73 Å². The molecule has 0 radical (unpaired) electrons. The standard InChI is InChI=1S/C21H20F2N6O2/c1-12-6-14(7-13-2-3-18(30)27-19(12)13)17-8-16(4-5-25-17)28-11-26-29(21(28)31)10-15(9-24)20(22)23/h4-8,11H,2-3,9-10,24H2,1H3,(H,27,30). The van der Waals surface area contributed by atoms with Crippen LogP contribution in [0.5, 0.6) is 0 Å². The van der Waals surface area contributed by atoms with E-state index >= 15 is 0 Å². The second-order valence-corrected chi connectivity index (χ2v) is 7.28. The molecule has 8 nitrogen and oxygen atoms in total. The van der Waals surface area contributed by atoms with Gasteiger partial charge in [0.1, 0.15) is 6.33 Å². The van der Waals surface area contributed by atoms with E-state index in [2.05, 4.69) is 15.4 Å². The summed E-state index contributed by atoms with van der Waals surface area (Å²) in [6.45, 7) is 1.18. The average Bonchev–Trinajstić information content (AvgIpc) is 3.12. The molecule has 0 atom stereocenters. The molecule has 0 unspecified atom stereocenters. The zero-order valence-corrected chi connectivity index (χ0v) is 16.7. The molecule has 4 rings (SSSR count). The van der Waals surface area contributed by atoms with Gasteiger partial charge in [-0.2, -0.15) is 13.9 Å². The number of nitrogens with two attached hydrogens (primary N) is 1. The van der Waals surface area contributed by atoms with Crippen molar-refractivity contribution in [3.05, 3.63) is 70.1 Å². The van der Waals surface area contributed by atoms with E-state index in [-0.39, 0.29) is 24.6 Å². The number of hydrogen-bond acceptors (Lipinski definition) is 5. The molecule has 0 saturated heterocycles. The third-order valence-corrected chi connectivity index (χ3v) is 5.21. The molecular weight excluding hydrogens is 406 g/mol. The van der Waals surface area contributed by atoms with Crippen LogP contribution in [0.2, 0.25) is 0 Å². The number of rotatable bonds is 5. The number of carbonyl (C=O) groups is 1. The number of hydrogen-bond donors (Lipinski definition) is 2. The van der Waals surface area contributed by atoms with Crippen LogP contribution in [-0.4, -0.2) is 31.8 Å². The lowest BCUT2D eigenvalue weighted by Gasteiger charge is -2.20. The van der Waals surface area contributed by atoms with Crippen molar-refractivity contribution in [2.45, 2.75) is 26.3 Å². The summed E-state index contributed by atoms with van der Waals surface area (Å²) in [5, 5.41) is 6.83. The number of halogens is 2. The van der Waals surface area contributed by atoms with Gasteiger partial charge in [0.15, 0.2) is 0 Å². The summed E-state index contributed by atoms with van der Waals surface area (Å²) in [6, 6.07) is 7.26. The van der Waals surface area contributed by atoms with Gasteiger partial charge in [-0.15, -0.1) is 0 Å². The summed E-state index contributed by atoms with van der Waals surface area (Å²) >= 11 is 0. The van der Waals surface area contributed by atoms with Gasteiger partial charge >= 0.3 is 5.69 Å². The van der Waals surface area contributed by atoms with Gasteiger partial charge in [0.25, 0.3) is 6.08 Å². The molecule has 1 aromatic carbocycles. The zero-order chi connectivity index (χ0) is 22.1. The number of carbonyl (C=O) groups excluding carboxylic acids is 1. The molecule has 0 spiro atoms. The minimum Gasteiger partial charge on any atom is -0.327 e. The van der Waals surface area contributed by atoms with E-state index in [1.165, 1.54) is 10.9 Å². The highest BCUT2D eigenvalue weighted by Crippen LogP contribution is 2.31. The van der Waals surface area contributed by atoms with E-state index in [4.69, 9.17) is 5.73 Å². The Hall–Kier alpha value is -3.66. The molecule has 1 aliphatic rings. The molecule has 2 aromatic heterocycles. The van der Waals surface area contributed by atoms with Crippen LogP contribution in [0.4, 0.5) is 14.5 Å². The number of amides is 1. The van der Waals surface area contributed by atoms with Crippen LogP contribution in [0.25, 0.3) is 16.9 Å². The molecule has 1 amide bonds. The first-order valence-electron chi connectivity index (χ1n) is 9.65. The predicted molar refractivity (Wildman–Crippen MR) is 111 cm³/mol. The lowest BCUT2D eigenvalue weighted by Crippen LogP contribution is -2.26. The molecule has 3 aromatic rings. The number of aromatic nitrogens is 4. The largest absolute Gasteiger partial charge is 0.350 e. The molecule has 10 heteroatoms. The van der Waals surface area contributed by atoms with Crippen LogP contribution in [0.1, 0.15) is 17.5 Å². The van der Waals surface area contributed by atoms with Crippen molar-refractivity contribution in [1.29, 1.82) is 0 Å². The van der Waals surface area contributed by atoms with Crippen LogP contribution in [0, 0.1) is 6.92 Å². The van der Waals surface area contributed by atoms with E-state index in [0.717, 1.165) is 27.1 Å². The summed E-state index contributed by atoms with van der Waals surface area (Å²) < 4.78 is 28.0. The second-order valence-electron chi connectivity index (χ2n) is 7.28. The quantitative estimate of drug-likeness (QED) is 0.651. The maximum Gasteiger partial charge on any atom is 0.350 e. The van der Waals surface area contributed by atoms with E-state index < -0.39 is 11.8 Å². The highest BCUT2D eigenvalue weighted by Gasteiger charge is 2.18. The van der Waals surface area contributed by atoms with Crippen molar-refractivity contribution in [1.82, 2.24) is 19.3 Å². The Kier molecular flexibility index (Phi) is 5.47. The number of anilines is 1. The van der Waals surface area contributed by atoms with Crippen molar-refractivity contribution in [2.75, 3.05) is 11.9 Å². The van der Waals surface area contributed by atoms with E-state index in [1.807, 2.05) is 19.1 Å². The van der Waals surface area contributed by atoms with E-state index in [9.17, 15) is 18.4 Å². The molecule has 0 bridgehead atoms. The topological polar surface area (TPSA) is 108 Å². The summed E-state index contributed by atoms with van der Waals surface area (Å²) in [5.74, 6) is 0.000129. The first kappa shape index (κ1) is 20.6. The van der Waals surface area contributed by atoms with Crippen molar-refractivity contribution < 1.29 is 13.6 Å². The van der Waals surface area contributed by atoms with Crippen molar-refractivity contribution >= 4 is 11.6 Å². The Bertz CT molecular complexity index is 1260. The third kappa shape index (κ3) is 4.02. The van der Waals surface area contributed by atoms with E-state index in [0.29, 0.717) is 24.2 Å². The molecule has 3 N–H and O–H groups in total. The van der Waals surface area contributed by atoms with Crippen LogP contribution in [-0.2, 0) is 17.8 Å². The number of benzene rings is 1. The Morgan fingerprint density at radius 2 is 2.03 bits per heavy atom. The van der Waals surface area contributed by atoms with E-state index in [1.54, 1.807) is 18.3 Å². The molecule has 0 fully saturated rings. The van der Waals surface area contributed by atoms with Crippen LogP contribution < -0.4 is 16.7 Å². The number of nitrogens with one attached hydrogen (secondary N) is 1. The molecule has 1 aliphatic heterocycles. The summed E-state index contributed by atoms with van der Waals surface area (Å²) in [4.78, 5) is 28.7. The van der Waals surface area contributed by atoms with Gasteiger partial charge < -0.3 is 11.1 Å². The predicted octanol–water partition coefficient (Wildman–Crippen LogP) is 2.40. The van der Waals surface area contributed by atoms with Crippen molar-refractivity contribution in [3.8, 4) is 16.9 Å². The molecule has 31 heavy (non-hydrogen) atoms. The lowest BCUT2D eigenvalue weighted by molar-refractivity contribution is -0.116. The summed E-state index contributed by atoms with van der Waals surface area (Å²) in [6.07, 6.45) is 2.01. The van der Waals surface area contributed by atoms with Crippen LogP contribution >= 0.6 is 0 Å². The monoisotopic (exact) mass is 426 g/mol. The second kappa shape index (κ2) is 8.23. The zero-order valence-electron chi connectivity index (χ0n) is 16.7. The van der Waals surface area contributed by atoms with Gasteiger partial charge in [-0.1, -0.05) is 0 Å². The van der Waals surface area contributed by atoms with Crippen LogP contribution in [0.3, 0.4) is 0 Å². The van der Waals surface area contributed by atoms with Gasteiger partial charge in [-0.3, -0.25) is 9.78 Å². The summed E-state index contributed by atoms with van der Waals surface area (Å²) in [7, 11) is 0. The van der Waals surface area contributed by atoms with Crippen molar-refractivity contribution in [3.63, 3.8) is 0 Å². The van der Waals surface area contributed by atoms with Gasteiger partial charge in [-0.25, -0.2) is 14.0 Å². The first-order chi connectivity index (χ1) is 14.9. The molecular formula is C21H20F2N6O2. The van der Waals surface area contributed by atoms with Gasteiger partial charge in [0.05, 0.1) is 17.9 Å².